The minimum atomic E-state index is -0.827. The monoisotopic (exact) mass is 315 g/mol. The van der Waals surface area contributed by atoms with Gasteiger partial charge >= 0.3 is 5.97 Å². The molecule has 1 aliphatic heterocycles. The van der Waals surface area contributed by atoms with Gasteiger partial charge in [0.1, 0.15) is 5.65 Å². The number of carboxylic acids is 1. The summed E-state index contributed by atoms with van der Waals surface area (Å²) in [5, 5.41) is 9.23. The van der Waals surface area contributed by atoms with Crippen LogP contribution in [0.25, 0.3) is 5.65 Å². The maximum atomic E-state index is 11.2. The molecule has 1 saturated heterocycles. The van der Waals surface area contributed by atoms with E-state index < -0.39 is 5.97 Å². The molecule has 0 saturated carbocycles. The molecule has 124 valence electrons. The van der Waals surface area contributed by atoms with Crippen molar-refractivity contribution in [2.45, 2.75) is 65.1 Å². The zero-order valence-electron chi connectivity index (χ0n) is 14.1. The molecule has 23 heavy (non-hydrogen) atoms. The van der Waals surface area contributed by atoms with Crippen molar-refractivity contribution in [2.75, 3.05) is 0 Å². The lowest BCUT2D eigenvalue weighted by molar-refractivity contribution is -0.136. The molecular formula is C18H25N3O2. The predicted molar refractivity (Wildman–Crippen MR) is 89.6 cm³/mol. The minimum Gasteiger partial charge on any atom is -0.481 e. The van der Waals surface area contributed by atoms with E-state index in [2.05, 4.69) is 28.1 Å². The van der Waals surface area contributed by atoms with Crippen molar-refractivity contribution in [3.8, 4) is 0 Å². The van der Waals surface area contributed by atoms with E-state index in [9.17, 15) is 9.90 Å². The molecule has 5 nitrogen and oxygen atoms in total. The largest absolute Gasteiger partial charge is 0.481 e. The minimum absolute atomic E-state index is 0.0208. The summed E-state index contributed by atoms with van der Waals surface area (Å²) < 4.78 is 2.12. The number of likely N-dealkylation sites (tertiary alicyclic amines) is 1. The molecule has 2 unspecified atom stereocenters. The van der Waals surface area contributed by atoms with Gasteiger partial charge in [0.15, 0.2) is 0 Å². The van der Waals surface area contributed by atoms with Gasteiger partial charge in [-0.25, -0.2) is 4.98 Å². The molecule has 2 aromatic rings. The third kappa shape index (κ3) is 3.11. The number of aromatic nitrogens is 2. The Morgan fingerprint density at radius 1 is 1.30 bits per heavy atom. The third-order valence-electron chi connectivity index (χ3n) is 5.04. The Labute approximate surface area is 136 Å². The Morgan fingerprint density at radius 3 is 2.65 bits per heavy atom. The lowest BCUT2D eigenvalue weighted by atomic mass is 9.97. The fourth-order valence-electron chi connectivity index (χ4n) is 3.78. The number of carboxylic acid groups (broad SMARTS) is 1. The van der Waals surface area contributed by atoms with E-state index in [0.717, 1.165) is 23.6 Å². The van der Waals surface area contributed by atoms with Crippen LogP contribution in [0, 0.1) is 6.92 Å². The highest BCUT2D eigenvalue weighted by molar-refractivity contribution is 5.70. The summed E-state index contributed by atoms with van der Waals surface area (Å²) in [6.45, 7) is 7.34. The van der Waals surface area contributed by atoms with Gasteiger partial charge in [-0.15, -0.1) is 0 Å². The maximum Gasteiger partial charge on any atom is 0.309 e. The van der Waals surface area contributed by atoms with Crippen molar-refractivity contribution in [1.29, 1.82) is 0 Å². The molecule has 0 aliphatic carbocycles. The van der Waals surface area contributed by atoms with Crippen molar-refractivity contribution in [1.82, 2.24) is 14.3 Å². The summed E-state index contributed by atoms with van der Waals surface area (Å²) in [6, 6.07) is 7.01. The summed E-state index contributed by atoms with van der Waals surface area (Å²) in [5.41, 5.74) is 3.66. The van der Waals surface area contributed by atoms with Gasteiger partial charge in [-0.05, 0) is 45.7 Å². The van der Waals surface area contributed by atoms with E-state index in [4.69, 9.17) is 0 Å². The van der Waals surface area contributed by atoms with E-state index in [-0.39, 0.29) is 6.42 Å². The molecule has 0 amide bonds. The van der Waals surface area contributed by atoms with Crippen LogP contribution < -0.4 is 0 Å². The van der Waals surface area contributed by atoms with Crippen molar-refractivity contribution in [3.05, 3.63) is 35.3 Å². The van der Waals surface area contributed by atoms with Crippen molar-refractivity contribution >= 4 is 11.6 Å². The topological polar surface area (TPSA) is 57.8 Å². The number of imidazole rings is 1. The van der Waals surface area contributed by atoms with Crippen LogP contribution in [0.5, 0.6) is 0 Å². The number of hydrogen-bond donors (Lipinski definition) is 1. The van der Waals surface area contributed by atoms with E-state index in [1.165, 1.54) is 19.3 Å². The molecule has 0 bridgehead atoms. The Morgan fingerprint density at radius 2 is 2.00 bits per heavy atom. The van der Waals surface area contributed by atoms with Gasteiger partial charge in [-0.1, -0.05) is 12.5 Å². The molecular weight excluding hydrogens is 290 g/mol. The molecule has 1 aliphatic rings. The fourth-order valence-corrected chi connectivity index (χ4v) is 3.78. The van der Waals surface area contributed by atoms with Crippen LogP contribution in [0.2, 0.25) is 0 Å². The SMILES string of the molecule is Cc1cccc2nc(CC(=O)O)c(CN3C(C)CCCC3C)n12. The first kappa shape index (κ1) is 16.0. The van der Waals surface area contributed by atoms with Gasteiger partial charge < -0.3 is 5.11 Å². The van der Waals surface area contributed by atoms with E-state index in [1.807, 2.05) is 25.1 Å². The average molecular weight is 315 g/mol. The van der Waals surface area contributed by atoms with Crippen molar-refractivity contribution in [3.63, 3.8) is 0 Å². The highest BCUT2D eigenvalue weighted by Crippen LogP contribution is 2.26. The molecule has 5 heteroatoms. The lowest BCUT2D eigenvalue weighted by Crippen LogP contribution is -2.43. The van der Waals surface area contributed by atoms with E-state index in [1.54, 1.807) is 0 Å². The molecule has 0 radical (unpaired) electrons. The Balaban J connectivity index is 2.04. The number of aliphatic carboxylic acids is 1. The summed E-state index contributed by atoms with van der Waals surface area (Å²) in [4.78, 5) is 18.3. The molecule has 2 aromatic heterocycles. The summed E-state index contributed by atoms with van der Waals surface area (Å²) >= 11 is 0. The van der Waals surface area contributed by atoms with Crippen LogP contribution in [0.4, 0.5) is 0 Å². The first-order chi connectivity index (χ1) is 11.0. The molecule has 3 heterocycles. The van der Waals surface area contributed by atoms with Crippen LogP contribution in [0.1, 0.15) is 50.2 Å². The van der Waals surface area contributed by atoms with Crippen LogP contribution in [-0.4, -0.2) is 37.4 Å². The van der Waals surface area contributed by atoms with Crippen LogP contribution >= 0.6 is 0 Å². The quantitative estimate of drug-likeness (QED) is 0.942. The molecule has 0 spiro atoms. The molecule has 3 rings (SSSR count). The van der Waals surface area contributed by atoms with Gasteiger partial charge in [0, 0.05) is 24.3 Å². The van der Waals surface area contributed by atoms with Gasteiger partial charge in [-0.3, -0.25) is 14.1 Å². The number of nitrogens with zero attached hydrogens (tertiary/aromatic N) is 3. The number of fused-ring (bicyclic) bond motifs is 1. The maximum absolute atomic E-state index is 11.2. The van der Waals surface area contributed by atoms with Gasteiger partial charge in [-0.2, -0.15) is 0 Å². The average Bonchev–Trinajstić information content (AvgIpc) is 2.81. The van der Waals surface area contributed by atoms with Gasteiger partial charge in [0.2, 0.25) is 0 Å². The summed E-state index contributed by atoms with van der Waals surface area (Å²) in [7, 11) is 0. The number of rotatable bonds is 4. The van der Waals surface area contributed by atoms with E-state index >= 15 is 0 Å². The molecule has 1 fully saturated rings. The van der Waals surface area contributed by atoms with Crippen LogP contribution in [0.15, 0.2) is 18.2 Å². The normalized spacial score (nSPS) is 22.6. The van der Waals surface area contributed by atoms with E-state index in [0.29, 0.717) is 17.8 Å². The van der Waals surface area contributed by atoms with Gasteiger partial charge in [0.25, 0.3) is 0 Å². The predicted octanol–water partition coefficient (Wildman–Crippen LogP) is 3.03. The molecule has 1 N–H and O–H groups in total. The molecule has 0 aromatic carbocycles. The number of piperidine rings is 1. The number of aryl methyl sites for hydroxylation is 1. The highest BCUT2D eigenvalue weighted by Gasteiger charge is 2.27. The highest BCUT2D eigenvalue weighted by atomic mass is 16.4. The Hall–Kier alpha value is -1.88. The van der Waals surface area contributed by atoms with Crippen molar-refractivity contribution < 1.29 is 9.90 Å². The standard InChI is InChI=1S/C18H25N3O2/c1-12-6-4-7-13(2)20(12)11-16-15(10-18(22)23)19-17-9-5-8-14(3)21(16)17/h5,8-9,12-13H,4,6-7,10-11H2,1-3H3,(H,22,23). The first-order valence-corrected chi connectivity index (χ1v) is 8.40. The zero-order chi connectivity index (χ0) is 16.6. The van der Waals surface area contributed by atoms with Crippen molar-refractivity contribution in [2.24, 2.45) is 0 Å². The zero-order valence-corrected chi connectivity index (χ0v) is 14.1. The number of carbonyl (C=O) groups is 1. The number of pyridine rings is 1. The summed E-state index contributed by atoms with van der Waals surface area (Å²) in [6.07, 6.45) is 3.66. The second-order valence-electron chi connectivity index (χ2n) is 6.74. The smallest absolute Gasteiger partial charge is 0.309 e. The fraction of sp³-hybridized carbons (Fsp3) is 0.556. The Kier molecular flexibility index (Phi) is 4.39. The lowest BCUT2D eigenvalue weighted by Gasteiger charge is -2.39. The summed E-state index contributed by atoms with van der Waals surface area (Å²) in [5.74, 6) is -0.827. The first-order valence-electron chi connectivity index (χ1n) is 8.40. The second-order valence-corrected chi connectivity index (χ2v) is 6.74. The molecule has 2 atom stereocenters. The number of hydrogen-bond acceptors (Lipinski definition) is 3. The Bertz CT molecular complexity index is 712. The van der Waals surface area contributed by atoms with Gasteiger partial charge in [0.05, 0.1) is 17.8 Å². The second kappa shape index (κ2) is 6.32. The third-order valence-corrected chi connectivity index (χ3v) is 5.04. The van der Waals surface area contributed by atoms with Crippen LogP contribution in [-0.2, 0) is 17.8 Å². The van der Waals surface area contributed by atoms with Crippen LogP contribution in [0.3, 0.4) is 0 Å².